The first-order valence-corrected chi connectivity index (χ1v) is 7.92. The number of fused-ring (bicyclic) bond motifs is 2. The van der Waals surface area contributed by atoms with Crippen LogP contribution in [0, 0.1) is 6.92 Å². The molecule has 22 heavy (non-hydrogen) atoms. The van der Waals surface area contributed by atoms with Gasteiger partial charge in [0, 0.05) is 0 Å². The zero-order valence-corrected chi connectivity index (χ0v) is 13.2. The van der Waals surface area contributed by atoms with Gasteiger partial charge in [-0.15, -0.1) is 0 Å². The minimum atomic E-state index is 0.100. The van der Waals surface area contributed by atoms with Gasteiger partial charge in [-0.1, -0.05) is 37.3 Å². The normalized spacial score (nSPS) is 13.3. The highest BCUT2D eigenvalue weighted by Gasteiger charge is 2.25. The first kappa shape index (κ1) is 14.8. The number of carbonyl (C=O) groups excluding carboxylic acids is 1. The summed E-state index contributed by atoms with van der Waals surface area (Å²) in [5.41, 5.74) is 5.72. The van der Waals surface area contributed by atoms with E-state index in [0.717, 1.165) is 30.8 Å². The Morgan fingerprint density at radius 2 is 1.82 bits per heavy atom. The fraction of sp³-hybridized carbons (Fsp3) is 0.316. The molecule has 0 atom stereocenters. The summed E-state index contributed by atoms with van der Waals surface area (Å²) in [6, 6.07) is 14.6. The van der Waals surface area contributed by atoms with Crippen molar-refractivity contribution in [2.75, 3.05) is 18.0 Å². The van der Waals surface area contributed by atoms with Crippen LogP contribution >= 0.6 is 0 Å². The lowest BCUT2D eigenvalue weighted by Gasteiger charge is -2.25. The number of aryl methyl sites for hydroxylation is 3. The third-order valence-electron chi connectivity index (χ3n) is 4.15. The fourth-order valence-corrected chi connectivity index (χ4v) is 3.01. The Labute approximate surface area is 132 Å². The maximum Gasteiger partial charge on any atom is 0.245 e. The van der Waals surface area contributed by atoms with E-state index in [9.17, 15) is 4.79 Å². The van der Waals surface area contributed by atoms with Gasteiger partial charge in [0.25, 0.3) is 0 Å². The van der Waals surface area contributed by atoms with Crippen LogP contribution in [-0.2, 0) is 17.6 Å². The summed E-state index contributed by atoms with van der Waals surface area (Å²) in [6.45, 7) is 5.24. The van der Waals surface area contributed by atoms with Crippen LogP contribution in [0.4, 0.5) is 11.4 Å². The Morgan fingerprint density at radius 3 is 2.59 bits per heavy atom. The number of nitrogens with zero attached hydrogens (tertiary/aromatic N) is 1. The lowest BCUT2D eigenvalue weighted by molar-refractivity contribution is -0.117. The predicted molar refractivity (Wildman–Crippen MR) is 90.7 cm³/mol. The molecule has 0 saturated heterocycles. The molecule has 0 saturated carbocycles. The third kappa shape index (κ3) is 2.77. The maximum atomic E-state index is 12.8. The summed E-state index contributed by atoms with van der Waals surface area (Å²) in [5, 5.41) is 3.15. The van der Waals surface area contributed by atoms with Gasteiger partial charge in [-0.25, -0.2) is 0 Å². The minimum absolute atomic E-state index is 0.100. The predicted octanol–water partition coefficient (Wildman–Crippen LogP) is 3.37. The molecule has 1 aliphatic rings. The van der Waals surface area contributed by atoms with Gasteiger partial charge >= 0.3 is 0 Å². The summed E-state index contributed by atoms with van der Waals surface area (Å²) in [5.74, 6) is 0.100. The van der Waals surface area contributed by atoms with Gasteiger partial charge in [-0.3, -0.25) is 9.69 Å². The summed E-state index contributed by atoms with van der Waals surface area (Å²) in [7, 11) is 0. The highest BCUT2D eigenvalue weighted by Crippen LogP contribution is 2.36. The molecule has 1 aliphatic heterocycles. The summed E-state index contributed by atoms with van der Waals surface area (Å²) in [6.07, 6.45) is 1.94. The molecule has 1 heterocycles. The molecule has 3 heteroatoms. The largest absolute Gasteiger partial charge is 0.309 e. The maximum absolute atomic E-state index is 12.8. The van der Waals surface area contributed by atoms with Crippen molar-refractivity contribution in [3.8, 4) is 0 Å². The minimum Gasteiger partial charge on any atom is -0.309 e. The second-order valence-electron chi connectivity index (χ2n) is 5.77. The molecular formula is C19H22N2O. The molecule has 0 spiro atoms. The van der Waals surface area contributed by atoms with Crippen LogP contribution in [0.25, 0.3) is 0 Å². The number of para-hydroxylation sites is 1. The van der Waals surface area contributed by atoms with Gasteiger partial charge in [-0.2, -0.15) is 0 Å². The van der Waals surface area contributed by atoms with E-state index in [2.05, 4.69) is 42.6 Å². The van der Waals surface area contributed by atoms with Crippen molar-refractivity contribution < 1.29 is 4.79 Å². The van der Waals surface area contributed by atoms with Gasteiger partial charge < -0.3 is 5.32 Å². The number of amides is 1. The molecule has 0 aliphatic carbocycles. The van der Waals surface area contributed by atoms with Crippen molar-refractivity contribution in [3.63, 3.8) is 0 Å². The quantitative estimate of drug-likeness (QED) is 0.941. The lowest BCUT2D eigenvalue weighted by Crippen LogP contribution is -2.35. The van der Waals surface area contributed by atoms with Gasteiger partial charge in [0.2, 0.25) is 5.91 Å². The summed E-state index contributed by atoms with van der Waals surface area (Å²) in [4.78, 5) is 14.7. The highest BCUT2D eigenvalue weighted by molar-refractivity contribution is 6.03. The van der Waals surface area contributed by atoms with Crippen LogP contribution in [0.1, 0.15) is 23.6 Å². The van der Waals surface area contributed by atoms with E-state index < -0.39 is 0 Å². The standard InChI is InChI=1S/C19H22N2O/c1-3-20-13-19(22)21-17-7-5-4-6-15(17)10-11-16-9-8-14(2)12-18(16)21/h4-9,12,20H,3,10-11,13H2,1-2H3. The van der Waals surface area contributed by atoms with Crippen LogP contribution in [0.3, 0.4) is 0 Å². The van der Waals surface area contributed by atoms with Crippen LogP contribution in [0.5, 0.6) is 0 Å². The Kier molecular flexibility index (Phi) is 4.25. The Bertz CT molecular complexity index is 694. The van der Waals surface area contributed by atoms with E-state index in [1.54, 1.807) is 0 Å². The summed E-state index contributed by atoms with van der Waals surface area (Å²) >= 11 is 0. The Morgan fingerprint density at radius 1 is 1.09 bits per heavy atom. The molecule has 0 radical (unpaired) electrons. The molecule has 1 amide bonds. The first-order valence-electron chi connectivity index (χ1n) is 7.92. The summed E-state index contributed by atoms with van der Waals surface area (Å²) < 4.78 is 0. The molecule has 114 valence electrons. The van der Waals surface area contributed by atoms with Crippen LogP contribution < -0.4 is 10.2 Å². The molecule has 2 aromatic rings. The van der Waals surface area contributed by atoms with Crippen molar-refractivity contribution >= 4 is 17.3 Å². The van der Waals surface area contributed by atoms with Crippen LogP contribution in [0.2, 0.25) is 0 Å². The second-order valence-corrected chi connectivity index (χ2v) is 5.77. The molecule has 0 aromatic heterocycles. The topological polar surface area (TPSA) is 32.3 Å². The average molecular weight is 294 g/mol. The van der Waals surface area contributed by atoms with Crippen molar-refractivity contribution in [1.29, 1.82) is 0 Å². The molecule has 0 fully saturated rings. The number of benzene rings is 2. The number of anilines is 2. The lowest BCUT2D eigenvalue weighted by atomic mass is 10.0. The monoisotopic (exact) mass is 294 g/mol. The molecule has 2 aromatic carbocycles. The van der Waals surface area contributed by atoms with Crippen molar-refractivity contribution in [2.45, 2.75) is 26.7 Å². The SMILES string of the molecule is CCNCC(=O)N1c2ccccc2CCc2ccc(C)cc21. The number of hydrogen-bond donors (Lipinski definition) is 1. The van der Waals surface area contributed by atoms with E-state index in [4.69, 9.17) is 0 Å². The van der Waals surface area contributed by atoms with Crippen molar-refractivity contribution in [1.82, 2.24) is 5.32 Å². The Hall–Kier alpha value is -2.13. The highest BCUT2D eigenvalue weighted by atomic mass is 16.2. The van der Waals surface area contributed by atoms with Crippen LogP contribution in [0.15, 0.2) is 42.5 Å². The van der Waals surface area contributed by atoms with E-state index in [1.165, 1.54) is 16.7 Å². The van der Waals surface area contributed by atoms with E-state index in [-0.39, 0.29) is 5.91 Å². The molecule has 0 bridgehead atoms. The molecular weight excluding hydrogens is 272 g/mol. The number of carbonyl (C=O) groups is 1. The first-order chi connectivity index (χ1) is 10.7. The Balaban J connectivity index is 2.12. The molecule has 3 nitrogen and oxygen atoms in total. The van der Waals surface area contributed by atoms with Gasteiger partial charge in [0.1, 0.15) is 0 Å². The second kappa shape index (κ2) is 6.32. The average Bonchev–Trinajstić information content (AvgIpc) is 2.69. The van der Waals surface area contributed by atoms with Crippen LogP contribution in [-0.4, -0.2) is 19.0 Å². The number of rotatable bonds is 3. The van der Waals surface area contributed by atoms with Crippen molar-refractivity contribution in [3.05, 3.63) is 59.2 Å². The number of nitrogens with one attached hydrogen (secondary N) is 1. The van der Waals surface area contributed by atoms with Crippen molar-refractivity contribution in [2.24, 2.45) is 0 Å². The van der Waals surface area contributed by atoms with E-state index >= 15 is 0 Å². The fourth-order valence-electron chi connectivity index (χ4n) is 3.01. The third-order valence-corrected chi connectivity index (χ3v) is 4.15. The van der Waals surface area contributed by atoms with E-state index in [1.807, 2.05) is 24.0 Å². The van der Waals surface area contributed by atoms with Gasteiger partial charge in [0.05, 0.1) is 17.9 Å². The zero-order chi connectivity index (χ0) is 15.5. The smallest absolute Gasteiger partial charge is 0.245 e. The van der Waals surface area contributed by atoms with Gasteiger partial charge in [-0.05, 0) is 55.1 Å². The molecule has 1 N–H and O–H groups in total. The molecule has 0 unspecified atom stereocenters. The number of likely N-dealkylation sites (N-methyl/N-ethyl adjacent to an activating group) is 1. The number of hydrogen-bond acceptors (Lipinski definition) is 2. The van der Waals surface area contributed by atoms with E-state index in [0.29, 0.717) is 6.54 Å². The van der Waals surface area contributed by atoms with Gasteiger partial charge in [0.15, 0.2) is 0 Å². The molecule has 3 rings (SSSR count). The zero-order valence-electron chi connectivity index (χ0n) is 13.2.